The number of likely N-dealkylation sites (tertiary alicyclic amines) is 1. The molecule has 1 saturated heterocycles. The van der Waals surface area contributed by atoms with Crippen molar-refractivity contribution in [3.63, 3.8) is 0 Å². The van der Waals surface area contributed by atoms with Gasteiger partial charge in [-0.1, -0.05) is 0 Å². The van der Waals surface area contributed by atoms with Crippen LogP contribution < -0.4 is 10.6 Å². The van der Waals surface area contributed by atoms with E-state index in [1.54, 1.807) is 13.2 Å². The van der Waals surface area contributed by atoms with E-state index in [0.717, 1.165) is 44.6 Å². The number of carbonyl (C=O) groups excluding carboxylic acids is 2. The first-order valence-electron chi connectivity index (χ1n) is 10.7. The van der Waals surface area contributed by atoms with Crippen LogP contribution in [0, 0.1) is 12.8 Å². The summed E-state index contributed by atoms with van der Waals surface area (Å²) in [6.07, 6.45) is 3.09. The second-order valence-electron chi connectivity index (χ2n) is 8.35. The number of benzene rings is 1. The van der Waals surface area contributed by atoms with Gasteiger partial charge < -0.3 is 20.5 Å². The highest BCUT2D eigenvalue weighted by Crippen LogP contribution is 2.34. The van der Waals surface area contributed by atoms with E-state index in [0.29, 0.717) is 24.4 Å². The smallest absolute Gasteiger partial charge is 0.264 e. The molecule has 1 unspecified atom stereocenters. The lowest BCUT2D eigenvalue weighted by Crippen LogP contribution is -2.29. The third-order valence-electron chi connectivity index (χ3n) is 5.98. The lowest BCUT2D eigenvalue weighted by atomic mass is 10.1. The van der Waals surface area contributed by atoms with Crippen LogP contribution in [-0.4, -0.2) is 46.8 Å². The third-order valence-corrected chi connectivity index (χ3v) is 7.13. The van der Waals surface area contributed by atoms with Crippen LogP contribution in [0.4, 0.5) is 11.4 Å². The highest BCUT2D eigenvalue weighted by Gasteiger charge is 2.29. The lowest BCUT2D eigenvalue weighted by Gasteiger charge is -2.15. The number of H-pyrrole nitrogens is 1. The number of amides is 2. The van der Waals surface area contributed by atoms with Gasteiger partial charge in [0.15, 0.2) is 0 Å². The molecule has 1 atom stereocenters. The Balaban J connectivity index is 1.37. The van der Waals surface area contributed by atoms with Gasteiger partial charge in [-0.05, 0) is 55.7 Å². The number of aromatic amines is 1. The van der Waals surface area contributed by atoms with Crippen LogP contribution in [0.25, 0.3) is 21.1 Å². The molecule has 8 heteroatoms. The van der Waals surface area contributed by atoms with Crippen LogP contribution in [0.15, 0.2) is 42.6 Å². The number of hydrogen-bond acceptors (Lipinski definition) is 5. The maximum Gasteiger partial charge on any atom is 0.264 e. The van der Waals surface area contributed by atoms with Gasteiger partial charge in [-0.25, -0.2) is 0 Å². The first-order chi connectivity index (χ1) is 15.5. The number of carbonyl (C=O) groups is 2. The molecular weight excluding hydrogens is 422 g/mol. The van der Waals surface area contributed by atoms with E-state index in [-0.39, 0.29) is 17.7 Å². The number of rotatable bonds is 5. The number of thiophene rings is 1. The molecule has 1 aromatic carbocycles. The minimum atomic E-state index is 0.0163. The summed E-state index contributed by atoms with van der Waals surface area (Å²) in [5.74, 6) is 0.261. The first-order valence-corrected chi connectivity index (χ1v) is 11.6. The topological polar surface area (TPSA) is 90.1 Å². The van der Waals surface area contributed by atoms with Crippen molar-refractivity contribution in [2.24, 2.45) is 5.92 Å². The molecule has 32 heavy (non-hydrogen) atoms. The predicted octanol–water partition coefficient (Wildman–Crippen LogP) is 4.43. The monoisotopic (exact) mass is 447 g/mol. The number of hydrogen-bond donors (Lipinski definition) is 3. The number of nitrogens with one attached hydrogen (secondary N) is 3. The van der Waals surface area contributed by atoms with Crippen LogP contribution >= 0.6 is 11.3 Å². The molecular formula is C24H25N5O2S. The molecule has 1 aliphatic heterocycles. The zero-order chi connectivity index (χ0) is 22.2. The number of nitrogens with zero attached hydrogens (tertiary/aromatic N) is 2. The van der Waals surface area contributed by atoms with E-state index in [9.17, 15) is 9.59 Å². The maximum absolute atomic E-state index is 13.1. The summed E-state index contributed by atoms with van der Waals surface area (Å²) in [5.41, 5.74) is 4.97. The van der Waals surface area contributed by atoms with E-state index < -0.39 is 0 Å². The van der Waals surface area contributed by atoms with Gasteiger partial charge in [-0.3, -0.25) is 14.6 Å². The first kappa shape index (κ1) is 20.5. The maximum atomic E-state index is 13.1. The number of aromatic nitrogens is 2. The molecule has 7 nitrogen and oxygen atoms in total. The van der Waals surface area contributed by atoms with Gasteiger partial charge in [0.25, 0.3) is 5.91 Å². The SMILES string of the molecule is CNC(=O)CC1CCN(C(=O)c2cc3nccc(Nc4ccc5[nH]c(C)cc5c4)c3s2)C1. The Bertz CT molecular complexity index is 1320. The van der Waals surface area contributed by atoms with E-state index in [4.69, 9.17) is 0 Å². The zero-order valence-corrected chi connectivity index (χ0v) is 18.9. The Morgan fingerprint density at radius 1 is 1.25 bits per heavy atom. The van der Waals surface area contributed by atoms with E-state index in [1.807, 2.05) is 30.0 Å². The van der Waals surface area contributed by atoms with Gasteiger partial charge in [0.2, 0.25) is 5.91 Å². The quantitative estimate of drug-likeness (QED) is 0.422. The van der Waals surface area contributed by atoms with Crippen molar-refractivity contribution < 1.29 is 9.59 Å². The van der Waals surface area contributed by atoms with Crippen LogP contribution in [0.2, 0.25) is 0 Å². The summed E-state index contributed by atoms with van der Waals surface area (Å²) in [4.78, 5) is 35.1. The molecule has 164 valence electrons. The van der Waals surface area contributed by atoms with Crippen LogP contribution in [0.5, 0.6) is 0 Å². The Morgan fingerprint density at radius 3 is 2.97 bits per heavy atom. The van der Waals surface area contributed by atoms with Crippen LogP contribution in [0.1, 0.15) is 28.2 Å². The highest BCUT2D eigenvalue weighted by molar-refractivity contribution is 7.21. The number of anilines is 2. The largest absolute Gasteiger partial charge is 0.359 e. The Labute approximate surface area is 189 Å². The lowest BCUT2D eigenvalue weighted by molar-refractivity contribution is -0.121. The second-order valence-corrected chi connectivity index (χ2v) is 9.40. The van der Waals surface area contributed by atoms with E-state index in [2.05, 4.69) is 38.8 Å². The Hall–Kier alpha value is -3.39. The van der Waals surface area contributed by atoms with Crippen molar-refractivity contribution in [3.8, 4) is 0 Å². The van der Waals surface area contributed by atoms with Gasteiger partial charge in [-0.15, -0.1) is 11.3 Å². The number of aryl methyl sites for hydroxylation is 1. The van der Waals surface area contributed by atoms with Crippen molar-refractivity contribution in [3.05, 3.63) is 53.2 Å². The average Bonchev–Trinajstić information content (AvgIpc) is 3.50. The average molecular weight is 448 g/mol. The normalized spacial score (nSPS) is 16.1. The standard InChI is InChI=1S/C24H25N5O2S/c1-14-9-16-11-17(3-4-18(16)27-14)28-19-5-7-26-20-12-21(32-23(19)20)24(31)29-8-6-15(13-29)10-22(30)25-2/h3-5,7,9,11-12,15,27H,6,8,10,13H2,1-2H3,(H,25,30)(H,26,28). The minimum Gasteiger partial charge on any atom is -0.359 e. The summed E-state index contributed by atoms with van der Waals surface area (Å²) in [6, 6.07) is 12.2. The zero-order valence-electron chi connectivity index (χ0n) is 18.1. The Kier molecular flexibility index (Phi) is 5.30. The molecule has 2 amide bonds. The van der Waals surface area contributed by atoms with E-state index in [1.165, 1.54) is 11.3 Å². The molecule has 3 aromatic heterocycles. The molecule has 0 spiro atoms. The molecule has 0 bridgehead atoms. The molecule has 4 aromatic rings. The van der Waals surface area contributed by atoms with Gasteiger partial charge in [-0.2, -0.15) is 0 Å². The third kappa shape index (κ3) is 3.93. The fourth-order valence-corrected chi connectivity index (χ4v) is 5.41. The fraction of sp³-hybridized carbons (Fsp3) is 0.292. The van der Waals surface area contributed by atoms with Gasteiger partial charge >= 0.3 is 0 Å². The van der Waals surface area contributed by atoms with E-state index >= 15 is 0 Å². The van der Waals surface area contributed by atoms with Crippen molar-refractivity contribution in [2.75, 3.05) is 25.5 Å². The van der Waals surface area contributed by atoms with Crippen molar-refractivity contribution in [1.82, 2.24) is 20.2 Å². The van der Waals surface area contributed by atoms with Crippen LogP contribution in [-0.2, 0) is 4.79 Å². The van der Waals surface area contributed by atoms with Crippen LogP contribution in [0.3, 0.4) is 0 Å². The van der Waals surface area contributed by atoms with Gasteiger partial charge in [0, 0.05) is 55.0 Å². The molecule has 3 N–H and O–H groups in total. The fourth-order valence-electron chi connectivity index (χ4n) is 4.36. The highest BCUT2D eigenvalue weighted by atomic mass is 32.1. The van der Waals surface area contributed by atoms with Gasteiger partial charge in [0.05, 0.1) is 20.8 Å². The molecule has 1 fully saturated rings. The minimum absolute atomic E-state index is 0.0163. The molecule has 1 aliphatic rings. The van der Waals surface area contributed by atoms with Crippen molar-refractivity contribution in [1.29, 1.82) is 0 Å². The molecule has 0 radical (unpaired) electrons. The van der Waals surface area contributed by atoms with Crippen molar-refractivity contribution >= 4 is 55.6 Å². The molecule has 0 aliphatic carbocycles. The molecule has 0 saturated carbocycles. The Morgan fingerprint density at radius 2 is 2.12 bits per heavy atom. The molecule has 5 rings (SSSR count). The number of pyridine rings is 1. The predicted molar refractivity (Wildman–Crippen MR) is 129 cm³/mol. The summed E-state index contributed by atoms with van der Waals surface area (Å²) in [6.45, 7) is 3.35. The summed E-state index contributed by atoms with van der Waals surface area (Å²) in [7, 11) is 1.65. The van der Waals surface area contributed by atoms with Gasteiger partial charge in [0.1, 0.15) is 0 Å². The number of fused-ring (bicyclic) bond motifs is 2. The summed E-state index contributed by atoms with van der Waals surface area (Å²) < 4.78 is 0.960. The summed E-state index contributed by atoms with van der Waals surface area (Å²) in [5, 5.41) is 7.31. The molecule has 4 heterocycles. The van der Waals surface area contributed by atoms with Crippen molar-refractivity contribution in [2.45, 2.75) is 19.8 Å². The second kappa shape index (κ2) is 8.27. The summed E-state index contributed by atoms with van der Waals surface area (Å²) >= 11 is 1.46.